The summed E-state index contributed by atoms with van der Waals surface area (Å²) >= 11 is 0. The van der Waals surface area contributed by atoms with Crippen LogP contribution in [0.1, 0.15) is 6.42 Å². The normalized spacial score (nSPS) is 6.64. The van der Waals surface area contributed by atoms with Crippen molar-refractivity contribution in [2.45, 2.75) is 6.42 Å². The molecule has 0 aliphatic heterocycles. The van der Waals surface area contributed by atoms with Crippen LogP contribution in [0.4, 0.5) is 4.39 Å². The molecule has 0 aliphatic rings. The second-order valence-electron chi connectivity index (χ2n) is 1.30. The van der Waals surface area contributed by atoms with Gasteiger partial charge in [-0.1, -0.05) is 19.2 Å². The van der Waals surface area contributed by atoms with Crippen LogP contribution in [0.5, 0.6) is 0 Å². The van der Waals surface area contributed by atoms with Crippen LogP contribution in [0.25, 0.3) is 0 Å². The van der Waals surface area contributed by atoms with Crippen LogP contribution in [-0.4, -0.2) is 5.97 Å². The monoisotopic (exact) mass is 158 g/mol. The lowest BCUT2D eigenvalue weighted by Gasteiger charge is -1.89. The van der Waals surface area contributed by atoms with Crippen molar-refractivity contribution in [3.05, 3.63) is 38.4 Å². The van der Waals surface area contributed by atoms with Crippen LogP contribution >= 0.6 is 0 Å². The lowest BCUT2D eigenvalue weighted by Crippen LogP contribution is -1.95. The first-order chi connectivity index (χ1) is 5.22. The van der Waals surface area contributed by atoms with E-state index < -0.39 is 0 Å². The van der Waals surface area contributed by atoms with Crippen LogP contribution in [0.2, 0.25) is 0 Å². The van der Waals surface area contributed by atoms with Crippen molar-refractivity contribution in [2.75, 3.05) is 0 Å². The highest BCUT2D eigenvalue weighted by Crippen LogP contribution is 1.84. The van der Waals surface area contributed by atoms with Gasteiger partial charge in [0.1, 0.15) is 0 Å². The van der Waals surface area contributed by atoms with Crippen LogP contribution in [-0.2, 0) is 9.53 Å². The van der Waals surface area contributed by atoms with Crippen molar-refractivity contribution in [3.8, 4) is 0 Å². The van der Waals surface area contributed by atoms with Gasteiger partial charge in [0.25, 0.3) is 0 Å². The van der Waals surface area contributed by atoms with E-state index in [0.717, 1.165) is 6.26 Å². The Labute approximate surface area is 65.7 Å². The zero-order chi connectivity index (χ0) is 9.11. The third-order valence-electron chi connectivity index (χ3n) is 0.526. The Balaban J connectivity index is 0. The van der Waals surface area contributed by atoms with Crippen LogP contribution in [0, 0.1) is 0 Å². The second-order valence-corrected chi connectivity index (χ2v) is 1.30. The van der Waals surface area contributed by atoms with Gasteiger partial charge in [0.2, 0.25) is 0 Å². The van der Waals surface area contributed by atoms with Crippen molar-refractivity contribution in [2.24, 2.45) is 0 Å². The van der Waals surface area contributed by atoms with Crippen molar-refractivity contribution in [3.63, 3.8) is 0 Å². The molecule has 0 radical (unpaired) electrons. The lowest BCUT2D eigenvalue weighted by molar-refractivity contribution is -0.136. The number of hydrogen-bond acceptors (Lipinski definition) is 2. The van der Waals surface area contributed by atoms with E-state index in [-0.39, 0.29) is 18.7 Å². The summed E-state index contributed by atoms with van der Waals surface area (Å²) in [7, 11) is 0. The molecular weight excluding hydrogens is 147 g/mol. The predicted molar refractivity (Wildman–Crippen MR) is 42.4 cm³/mol. The zero-order valence-corrected chi connectivity index (χ0v) is 6.25. The summed E-state index contributed by atoms with van der Waals surface area (Å²) in [4.78, 5) is 10.3. The van der Waals surface area contributed by atoms with Crippen LogP contribution in [0.15, 0.2) is 38.4 Å². The minimum absolute atomic E-state index is 0.242. The summed E-state index contributed by atoms with van der Waals surface area (Å²) in [6, 6.07) is 0. The van der Waals surface area contributed by atoms with Gasteiger partial charge >= 0.3 is 5.97 Å². The zero-order valence-electron chi connectivity index (χ0n) is 6.25. The number of rotatable bonds is 3. The molecular formula is C8H11FO2. The molecule has 0 fully saturated rings. The van der Waals surface area contributed by atoms with Crippen molar-refractivity contribution < 1.29 is 13.9 Å². The van der Waals surface area contributed by atoms with Gasteiger partial charge in [-0.2, -0.15) is 0 Å². The maximum absolute atomic E-state index is 10.3. The number of carbonyl (C=O) groups is 1. The van der Waals surface area contributed by atoms with Gasteiger partial charge in [0, 0.05) is 0 Å². The Hall–Kier alpha value is -1.38. The maximum atomic E-state index is 10.3. The molecule has 0 aromatic heterocycles. The van der Waals surface area contributed by atoms with E-state index >= 15 is 0 Å². The molecule has 0 saturated carbocycles. The quantitative estimate of drug-likeness (QED) is 0.358. The summed E-state index contributed by atoms with van der Waals surface area (Å²) in [5.74, 6) is -0.324. The second kappa shape index (κ2) is 11.4. The molecule has 0 spiro atoms. The van der Waals surface area contributed by atoms with E-state index in [2.05, 4.69) is 24.5 Å². The van der Waals surface area contributed by atoms with E-state index in [1.165, 1.54) is 6.08 Å². The summed E-state index contributed by atoms with van der Waals surface area (Å²) in [5, 5.41) is 0. The molecule has 11 heavy (non-hydrogen) atoms. The van der Waals surface area contributed by atoms with Crippen molar-refractivity contribution in [1.82, 2.24) is 0 Å². The van der Waals surface area contributed by atoms with Gasteiger partial charge < -0.3 is 4.74 Å². The molecule has 0 aliphatic carbocycles. The smallest absolute Gasteiger partial charge is 0.314 e. The lowest BCUT2D eigenvalue weighted by atomic mass is 10.4. The molecule has 2 nitrogen and oxygen atoms in total. The first-order valence-corrected chi connectivity index (χ1v) is 2.85. The SMILES string of the molecule is C=CCC(=O)OC=C.C=CF. The number of hydrogen-bond donors (Lipinski definition) is 0. The van der Waals surface area contributed by atoms with E-state index in [4.69, 9.17) is 0 Å². The van der Waals surface area contributed by atoms with Gasteiger partial charge in [-0.05, 0) is 0 Å². The Bertz CT molecular complexity index is 129. The highest BCUT2D eigenvalue weighted by Gasteiger charge is 1.92. The molecule has 0 bridgehead atoms. The number of carbonyl (C=O) groups excluding carboxylic acids is 1. The first kappa shape index (κ1) is 12.3. The molecule has 0 amide bonds. The third kappa shape index (κ3) is 17.7. The molecule has 0 saturated heterocycles. The predicted octanol–water partition coefficient (Wildman–Crippen LogP) is 2.35. The molecule has 0 heterocycles. The summed E-state index contributed by atoms with van der Waals surface area (Å²) in [5.41, 5.74) is 0. The first-order valence-electron chi connectivity index (χ1n) is 2.85. The van der Waals surface area contributed by atoms with Crippen LogP contribution < -0.4 is 0 Å². The topological polar surface area (TPSA) is 26.3 Å². The molecule has 0 unspecified atom stereocenters. The highest BCUT2D eigenvalue weighted by atomic mass is 19.1. The molecule has 0 aromatic carbocycles. The summed E-state index contributed by atoms with van der Waals surface area (Å²) in [6.07, 6.45) is 3.07. The fourth-order valence-electron chi connectivity index (χ4n) is 0.259. The largest absolute Gasteiger partial charge is 0.435 e. The van der Waals surface area contributed by atoms with E-state index in [0.29, 0.717) is 0 Å². The molecule has 3 heteroatoms. The van der Waals surface area contributed by atoms with Crippen molar-refractivity contribution in [1.29, 1.82) is 0 Å². The Kier molecular flexibility index (Phi) is 12.8. The fourth-order valence-corrected chi connectivity index (χ4v) is 0.259. The Morgan fingerprint density at radius 3 is 2.18 bits per heavy atom. The van der Waals surface area contributed by atoms with E-state index in [1.807, 2.05) is 0 Å². The van der Waals surface area contributed by atoms with Crippen molar-refractivity contribution >= 4 is 5.97 Å². The maximum Gasteiger partial charge on any atom is 0.314 e. The van der Waals surface area contributed by atoms with Gasteiger partial charge in [0.15, 0.2) is 0 Å². The molecule has 0 N–H and O–H groups in total. The Morgan fingerprint density at radius 1 is 1.45 bits per heavy atom. The van der Waals surface area contributed by atoms with E-state index in [9.17, 15) is 9.18 Å². The fraction of sp³-hybridized carbons (Fsp3) is 0.125. The molecule has 0 aromatic rings. The summed E-state index contributed by atoms with van der Waals surface area (Å²) < 4.78 is 14.4. The Morgan fingerprint density at radius 2 is 1.91 bits per heavy atom. The number of esters is 1. The highest BCUT2D eigenvalue weighted by molar-refractivity contribution is 5.71. The van der Waals surface area contributed by atoms with Gasteiger partial charge in [0.05, 0.1) is 19.0 Å². The summed E-state index contributed by atoms with van der Waals surface area (Å²) in [6.45, 7) is 9.25. The molecule has 0 rings (SSSR count). The van der Waals surface area contributed by atoms with Gasteiger partial charge in [-0.25, -0.2) is 4.39 Å². The standard InChI is InChI=1S/C6H8O2.C2H3F/c1-3-5-6(7)8-4-2;1-2-3/h3-4H,1-2,5H2;2H,1H2. The number of ether oxygens (including phenoxy) is 1. The third-order valence-corrected chi connectivity index (χ3v) is 0.526. The van der Waals surface area contributed by atoms with Gasteiger partial charge in [-0.3, -0.25) is 4.79 Å². The minimum atomic E-state index is -0.324. The number of halogens is 1. The van der Waals surface area contributed by atoms with E-state index in [1.54, 1.807) is 0 Å². The van der Waals surface area contributed by atoms with Crippen LogP contribution in [0.3, 0.4) is 0 Å². The average Bonchev–Trinajstić information content (AvgIpc) is 1.90. The molecule has 62 valence electrons. The van der Waals surface area contributed by atoms with Gasteiger partial charge in [-0.15, -0.1) is 6.58 Å². The minimum Gasteiger partial charge on any atom is -0.435 e. The average molecular weight is 158 g/mol. The molecule has 0 atom stereocenters.